The van der Waals surface area contributed by atoms with Gasteiger partial charge in [0.15, 0.2) is 16.7 Å². The minimum atomic E-state index is 0.876. The van der Waals surface area contributed by atoms with E-state index >= 15 is 0 Å². The second-order valence-electron chi connectivity index (χ2n) is 35.4. The normalized spacial score (nSPS) is 11.9. The van der Waals surface area contributed by atoms with Crippen LogP contribution in [0.5, 0.6) is 0 Å². The fourth-order valence-electron chi connectivity index (χ4n) is 21.8. The summed E-state index contributed by atoms with van der Waals surface area (Å²) in [4.78, 5) is 0. The molecule has 9 heteroatoms. The van der Waals surface area contributed by atoms with Crippen LogP contribution < -0.4 is 0 Å². The Morgan fingerprint density at radius 3 is 0.985 bits per heavy atom. The fourth-order valence-corrected chi connectivity index (χ4v) is 21.8. The molecule has 0 fully saturated rings. The average Bonchev–Trinajstić information content (AvgIpc) is 1.56. The van der Waals surface area contributed by atoms with Crippen LogP contribution in [-0.4, -0.2) is 13.7 Å². The van der Waals surface area contributed by atoms with Crippen molar-refractivity contribution in [2.24, 2.45) is 0 Å². The van der Waals surface area contributed by atoms with Gasteiger partial charge in [-0.05, 0) is 217 Å². The molecule has 30 rings (SSSR count). The van der Waals surface area contributed by atoms with Crippen molar-refractivity contribution in [1.82, 2.24) is 13.7 Å². The smallest absolute Gasteiger partial charge is 0.161 e. The molecule has 0 saturated heterocycles. The highest BCUT2D eigenvalue weighted by molar-refractivity contribution is 6.25. The number of rotatable bonds is 10. The Kier molecular flexibility index (Phi) is 17.6. The summed E-state index contributed by atoms with van der Waals surface area (Å²) >= 11 is 0. The van der Waals surface area contributed by atoms with Crippen LogP contribution in [0.2, 0.25) is 0 Å². The molecule has 0 aliphatic carbocycles. The number of para-hydroxylation sites is 9. The third-order valence-electron chi connectivity index (χ3n) is 27.8. The number of furan rings is 6. The van der Waals surface area contributed by atoms with E-state index in [0.29, 0.717) is 0 Å². The van der Waals surface area contributed by atoms with Crippen LogP contribution >= 0.6 is 0 Å². The number of benzene rings is 21. The van der Waals surface area contributed by atoms with E-state index in [0.717, 1.165) is 265 Å². The molecule has 0 radical (unpaired) electrons. The molecule has 0 aliphatic heterocycles. The highest BCUT2D eigenvalue weighted by atomic mass is 16.4. The summed E-state index contributed by atoms with van der Waals surface area (Å²) in [5.74, 6) is 0. The van der Waals surface area contributed by atoms with Crippen molar-refractivity contribution in [2.45, 2.75) is 0 Å². The van der Waals surface area contributed by atoms with E-state index in [-0.39, 0.29) is 0 Å². The number of fused-ring (bicyclic) bond motifs is 27. The zero-order chi connectivity index (χ0) is 89.9. The second kappa shape index (κ2) is 31.1. The van der Waals surface area contributed by atoms with Crippen molar-refractivity contribution >= 4 is 186 Å². The summed E-state index contributed by atoms with van der Waals surface area (Å²) in [6.07, 6.45) is 0. The molecule has 9 heterocycles. The van der Waals surface area contributed by atoms with Gasteiger partial charge in [0.05, 0.1) is 16.6 Å². The lowest BCUT2D eigenvalue weighted by Gasteiger charge is -2.12. The summed E-state index contributed by atoms with van der Waals surface area (Å²) in [5, 5.41) is 18.1. The zero-order valence-corrected chi connectivity index (χ0v) is 73.7. The molecular weight excluding hydrogens is 1680 g/mol. The van der Waals surface area contributed by atoms with Gasteiger partial charge in [-0.1, -0.05) is 328 Å². The largest absolute Gasteiger partial charge is 0.456 e. The molecule has 9 nitrogen and oxygen atoms in total. The molecule has 9 aromatic heterocycles. The lowest BCUT2D eigenvalue weighted by Crippen LogP contribution is -1.93. The first-order valence-electron chi connectivity index (χ1n) is 46.5. The van der Waals surface area contributed by atoms with E-state index in [1.165, 1.54) is 16.2 Å². The summed E-state index contributed by atoms with van der Waals surface area (Å²) < 4.78 is 47.0. The van der Waals surface area contributed by atoms with Crippen LogP contribution in [0.3, 0.4) is 0 Å². The molecule has 0 atom stereocenters. The van der Waals surface area contributed by atoms with Gasteiger partial charge in [0.1, 0.15) is 66.8 Å². The lowest BCUT2D eigenvalue weighted by molar-refractivity contribution is 0.669. The van der Waals surface area contributed by atoms with Gasteiger partial charge in [-0.25, -0.2) is 0 Å². The van der Waals surface area contributed by atoms with Crippen molar-refractivity contribution in [1.29, 1.82) is 0 Å². The van der Waals surface area contributed by atoms with Gasteiger partial charge < -0.3 is 40.2 Å². The standard InChI is InChI=1S/C44H27NO2.2C42H25NO2/c1-3-14-28(15-4-1)30-21-11-24-36-40-33(22-13-27-39(40)46-42(30)36)31-18-7-8-19-32(31)34-23-12-25-37-41-44(47-43(34)37)35-20-9-10-26-38(35)45(41)29-16-5-2-6-17-29;1-2-13-27(14-3-1)43-36-22-9-8-18-33(36)42-39(43)35-21-10-20-32(41(35)45-42)30-17-7-6-16-29(30)31-19-11-23-37-38(31)34-25-24-26-12-4-5-15-28(26)40(34)44-37;1-2-12-30(13-3-1)43-37-17-9-8-16-34(37)42-41(43)35-21-19-29(25-39(35)45-42)32-15-7-6-14-31(32)28-18-20-33-36-22-26-10-4-5-11-27(26)23-40(36)44-38(33)24-28/h1-27H;2*1-25H. The van der Waals surface area contributed by atoms with Crippen molar-refractivity contribution in [3.8, 4) is 95.0 Å². The highest BCUT2D eigenvalue weighted by Crippen LogP contribution is 2.52. The molecule has 137 heavy (non-hydrogen) atoms. The third-order valence-corrected chi connectivity index (χ3v) is 27.8. The van der Waals surface area contributed by atoms with Crippen molar-refractivity contribution in [2.75, 3.05) is 0 Å². The SMILES string of the molecule is c1ccc(-c2cccc3c2oc2cccc(-c4ccccc4-c4cccc5c4oc4c6ccccc6n(-c6ccccc6)c54)c23)cc1.c1ccc(-n2c3ccccc3c3oc4c(-c5ccccc5-c5cccc6oc7c8ccccc8ccc7c56)cccc4c32)cc1.c1ccc(-n2c3ccccc3c3oc4cc(-c5ccccc5-c5ccc6c(c5)oc5cc7ccccc7cc56)ccc4c32)cc1. The van der Waals surface area contributed by atoms with Gasteiger partial charge >= 0.3 is 0 Å². The molecule has 0 saturated carbocycles. The van der Waals surface area contributed by atoms with Crippen LogP contribution in [0.25, 0.3) is 281 Å². The van der Waals surface area contributed by atoms with Crippen LogP contribution in [0, 0.1) is 0 Å². The first-order chi connectivity index (χ1) is 68.0. The molecule has 0 unspecified atom stereocenters. The molecule has 0 bridgehead atoms. The van der Waals surface area contributed by atoms with Crippen molar-refractivity contribution in [3.63, 3.8) is 0 Å². The Morgan fingerprint density at radius 1 is 0.139 bits per heavy atom. The average molecular weight is 1750 g/mol. The molecular formula is C128H77N3O6. The third kappa shape index (κ3) is 12.2. The maximum Gasteiger partial charge on any atom is 0.161 e. The number of nitrogens with zero attached hydrogens (tertiary/aromatic N) is 3. The minimum absolute atomic E-state index is 0.876. The summed E-state index contributed by atoms with van der Waals surface area (Å²) in [6, 6.07) is 164. The zero-order valence-electron chi connectivity index (χ0n) is 73.7. The molecule has 0 spiro atoms. The first-order valence-corrected chi connectivity index (χ1v) is 46.5. The Bertz CT molecular complexity index is 10100. The molecule has 0 aliphatic rings. The number of aromatic nitrogens is 3. The van der Waals surface area contributed by atoms with E-state index in [1.54, 1.807) is 0 Å². The van der Waals surface area contributed by atoms with E-state index in [2.05, 4.69) is 475 Å². The topological polar surface area (TPSA) is 93.6 Å². The quantitative estimate of drug-likeness (QED) is 0.135. The highest BCUT2D eigenvalue weighted by Gasteiger charge is 2.29. The number of hydrogen-bond donors (Lipinski definition) is 0. The Balaban J connectivity index is 0.000000102. The molecule has 640 valence electrons. The van der Waals surface area contributed by atoms with Gasteiger partial charge in [0.2, 0.25) is 0 Å². The summed E-state index contributed by atoms with van der Waals surface area (Å²) in [5.41, 5.74) is 36.5. The predicted molar refractivity (Wildman–Crippen MR) is 567 cm³/mol. The predicted octanol–water partition coefficient (Wildman–Crippen LogP) is 36.3. The van der Waals surface area contributed by atoms with Crippen molar-refractivity contribution < 1.29 is 26.5 Å². The number of hydrogen-bond acceptors (Lipinski definition) is 6. The Labute approximate surface area is 783 Å². The molecule has 30 aromatic rings. The van der Waals surface area contributed by atoms with Crippen LogP contribution in [-0.2, 0) is 0 Å². The van der Waals surface area contributed by atoms with Gasteiger partial charge in [-0.15, -0.1) is 0 Å². The molecule has 0 N–H and O–H groups in total. The Hall–Kier alpha value is -18.4. The summed E-state index contributed by atoms with van der Waals surface area (Å²) in [6.45, 7) is 0. The molecule has 21 aromatic carbocycles. The lowest BCUT2D eigenvalue weighted by atomic mass is 9.91. The maximum absolute atomic E-state index is 6.91. The van der Waals surface area contributed by atoms with E-state index in [4.69, 9.17) is 26.5 Å². The monoisotopic (exact) mass is 1750 g/mol. The van der Waals surface area contributed by atoms with E-state index in [1.807, 2.05) is 6.07 Å². The summed E-state index contributed by atoms with van der Waals surface area (Å²) in [7, 11) is 0. The minimum Gasteiger partial charge on any atom is -0.456 e. The van der Waals surface area contributed by atoms with Gasteiger partial charge in [-0.2, -0.15) is 0 Å². The van der Waals surface area contributed by atoms with Crippen LogP contribution in [0.15, 0.2) is 494 Å². The van der Waals surface area contributed by atoms with E-state index < -0.39 is 0 Å². The fraction of sp³-hybridized carbons (Fsp3) is 0. The first kappa shape index (κ1) is 77.3. The van der Waals surface area contributed by atoms with Crippen LogP contribution in [0.4, 0.5) is 0 Å². The van der Waals surface area contributed by atoms with Crippen molar-refractivity contribution in [3.05, 3.63) is 467 Å². The Morgan fingerprint density at radius 2 is 0.467 bits per heavy atom. The second-order valence-corrected chi connectivity index (χ2v) is 35.4. The molecule has 0 amide bonds. The van der Waals surface area contributed by atoms with E-state index in [9.17, 15) is 0 Å². The van der Waals surface area contributed by atoms with Crippen LogP contribution in [0.1, 0.15) is 0 Å². The van der Waals surface area contributed by atoms with Gasteiger partial charge in [-0.3, -0.25) is 0 Å². The maximum atomic E-state index is 6.91. The van der Waals surface area contributed by atoms with Gasteiger partial charge in [0, 0.05) is 104 Å². The van der Waals surface area contributed by atoms with Gasteiger partial charge in [0.25, 0.3) is 0 Å².